The smallest absolute Gasteiger partial charge is 0.202 e. The summed E-state index contributed by atoms with van der Waals surface area (Å²) in [6, 6.07) is 12.6. The summed E-state index contributed by atoms with van der Waals surface area (Å²) in [4.78, 5) is 4.36. The Labute approximate surface area is 197 Å². The van der Waals surface area contributed by atoms with Gasteiger partial charge in [0.1, 0.15) is 18.2 Å². The van der Waals surface area contributed by atoms with Gasteiger partial charge in [-0.2, -0.15) is 0 Å². The van der Waals surface area contributed by atoms with Crippen LogP contribution in [0.4, 0.5) is 0 Å². The zero-order chi connectivity index (χ0) is 23.8. The van der Waals surface area contributed by atoms with Gasteiger partial charge in [-0.05, 0) is 45.1 Å². The van der Waals surface area contributed by atoms with Gasteiger partial charge < -0.3 is 14.3 Å². The molecule has 1 aliphatic rings. The van der Waals surface area contributed by atoms with E-state index in [1.807, 2.05) is 6.07 Å². The Kier molecular flexibility index (Phi) is 6.39. The summed E-state index contributed by atoms with van der Waals surface area (Å²) in [5.74, 6) is 1.22. The van der Waals surface area contributed by atoms with Crippen molar-refractivity contribution in [3.8, 4) is 5.75 Å². The fraction of sp³-hybridized carbons (Fsp3) is 0.464. The lowest BCUT2D eigenvalue weighted by Crippen LogP contribution is -2.35. The maximum Gasteiger partial charge on any atom is 0.202 e. The third-order valence-electron chi connectivity index (χ3n) is 6.37. The molecule has 0 fully saturated rings. The molecule has 0 saturated carbocycles. The Morgan fingerprint density at radius 3 is 2.24 bits per heavy atom. The van der Waals surface area contributed by atoms with Gasteiger partial charge in [0.05, 0.1) is 18.7 Å². The lowest BCUT2D eigenvalue weighted by molar-refractivity contribution is 0.0237. The van der Waals surface area contributed by atoms with Crippen LogP contribution < -0.4 is 5.32 Å². The number of nitrogens with one attached hydrogen (secondary N) is 1. The van der Waals surface area contributed by atoms with Crippen LogP contribution in [-0.4, -0.2) is 23.2 Å². The molecule has 0 saturated heterocycles. The number of oxazole rings is 1. The molecule has 0 bridgehead atoms. The van der Waals surface area contributed by atoms with Gasteiger partial charge in [-0.15, -0.1) is 0 Å². The van der Waals surface area contributed by atoms with E-state index in [1.165, 1.54) is 11.1 Å². The Morgan fingerprint density at radius 2 is 1.67 bits per heavy atom. The molecule has 176 valence electrons. The van der Waals surface area contributed by atoms with Crippen LogP contribution in [0, 0.1) is 0 Å². The predicted octanol–water partition coefficient (Wildman–Crippen LogP) is 5.97. The number of aromatic nitrogens is 1. The lowest BCUT2D eigenvalue weighted by Gasteiger charge is -2.31. The van der Waals surface area contributed by atoms with E-state index in [0.717, 1.165) is 29.0 Å². The first kappa shape index (κ1) is 23.5. The van der Waals surface area contributed by atoms with Crippen LogP contribution in [0.25, 0.3) is 0 Å². The van der Waals surface area contributed by atoms with Crippen molar-refractivity contribution in [1.29, 1.82) is 0 Å². The molecule has 0 amide bonds. The number of aromatic hydroxyl groups is 1. The molecule has 1 aliphatic heterocycles. The van der Waals surface area contributed by atoms with E-state index in [1.54, 1.807) is 12.5 Å². The molecule has 0 spiro atoms. The number of benzene rings is 2. The molecule has 33 heavy (non-hydrogen) atoms. The van der Waals surface area contributed by atoms with E-state index in [2.05, 4.69) is 82.2 Å². The molecule has 2 N–H and O–H groups in total. The molecule has 2 heterocycles. The van der Waals surface area contributed by atoms with E-state index < -0.39 is 0 Å². The van der Waals surface area contributed by atoms with Crippen molar-refractivity contribution in [2.45, 2.75) is 70.9 Å². The standard InChI is InChI=1S/C28H36N2O3/c1-27(2,3)22-15-18(16-23(24(22)31)28(4,5)6)11-13-32-25-20-10-8-7-9-19(20)21(17-30-25)26-29-12-14-33-26/h7-10,12,14-16,21,25,30-31H,11,13,17H2,1-6H3. The van der Waals surface area contributed by atoms with Gasteiger partial charge in [0.25, 0.3) is 0 Å². The monoisotopic (exact) mass is 448 g/mol. The highest BCUT2D eigenvalue weighted by Gasteiger charge is 2.31. The Bertz CT molecular complexity index is 1060. The molecule has 2 atom stereocenters. The Morgan fingerprint density at radius 1 is 1.03 bits per heavy atom. The number of nitrogens with zero attached hydrogens (tertiary/aromatic N) is 1. The molecule has 3 aromatic rings. The number of fused-ring (bicyclic) bond motifs is 1. The molecule has 0 radical (unpaired) electrons. The minimum absolute atomic E-state index is 0.0804. The van der Waals surface area contributed by atoms with Gasteiger partial charge in [0, 0.05) is 6.54 Å². The van der Waals surface area contributed by atoms with Crippen LogP contribution in [0.5, 0.6) is 5.75 Å². The normalized spacial score (nSPS) is 18.8. The summed E-state index contributed by atoms with van der Waals surface area (Å²) in [6.07, 6.45) is 3.91. The van der Waals surface area contributed by atoms with Crippen molar-refractivity contribution in [2.24, 2.45) is 0 Å². The zero-order valence-corrected chi connectivity index (χ0v) is 20.6. The van der Waals surface area contributed by atoms with Crippen LogP contribution in [0.1, 0.15) is 87.4 Å². The van der Waals surface area contributed by atoms with Gasteiger partial charge in [0.2, 0.25) is 5.89 Å². The second-order valence-corrected chi connectivity index (χ2v) is 11.0. The second kappa shape index (κ2) is 8.96. The van der Waals surface area contributed by atoms with E-state index in [4.69, 9.17) is 9.15 Å². The third-order valence-corrected chi connectivity index (χ3v) is 6.37. The Balaban J connectivity index is 1.52. The fourth-order valence-corrected chi connectivity index (χ4v) is 4.56. The van der Waals surface area contributed by atoms with E-state index in [0.29, 0.717) is 18.9 Å². The molecular formula is C28H36N2O3. The van der Waals surface area contributed by atoms with Crippen molar-refractivity contribution in [1.82, 2.24) is 10.3 Å². The van der Waals surface area contributed by atoms with Crippen molar-refractivity contribution in [2.75, 3.05) is 13.2 Å². The summed E-state index contributed by atoms with van der Waals surface area (Å²) in [5.41, 5.74) is 5.20. The fourth-order valence-electron chi connectivity index (χ4n) is 4.56. The van der Waals surface area contributed by atoms with Gasteiger partial charge in [0.15, 0.2) is 0 Å². The number of hydrogen-bond donors (Lipinski definition) is 2. The molecule has 0 aliphatic carbocycles. The van der Waals surface area contributed by atoms with Gasteiger partial charge in [-0.3, -0.25) is 5.32 Å². The average molecular weight is 449 g/mol. The van der Waals surface area contributed by atoms with Crippen LogP contribution in [0.3, 0.4) is 0 Å². The topological polar surface area (TPSA) is 67.5 Å². The average Bonchev–Trinajstić information content (AvgIpc) is 3.27. The van der Waals surface area contributed by atoms with Crippen molar-refractivity contribution in [3.63, 3.8) is 0 Å². The predicted molar refractivity (Wildman–Crippen MR) is 131 cm³/mol. The largest absolute Gasteiger partial charge is 0.507 e. The van der Waals surface area contributed by atoms with E-state index in [9.17, 15) is 5.11 Å². The second-order valence-electron chi connectivity index (χ2n) is 11.0. The van der Waals surface area contributed by atoms with Gasteiger partial charge >= 0.3 is 0 Å². The maximum absolute atomic E-state index is 11.0. The summed E-state index contributed by atoms with van der Waals surface area (Å²) in [5, 5.41) is 14.5. The zero-order valence-electron chi connectivity index (χ0n) is 20.6. The minimum Gasteiger partial charge on any atom is -0.507 e. The quantitative estimate of drug-likeness (QED) is 0.503. The summed E-state index contributed by atoms with van der Waals surface area (Å²) < 4.78 is 11.9. The Hall–Kier alpha value is -2.63. The maximum atomic E-state index is 11.0. The highest BCUT2D eigenvalue weighted by molar-refractivity contribution is 5.50. The molecule has 5 nitrogen and oxygen atoms in total. The van der Waals surface area contributed by atoms with Crippen molar-refractivity contribution in [3.05, 3.63) is 82.6 Å². The number of ether oxygens (including phenoxy) is 1. The lowest BCUT2D eigenvalue weighted by atomic mass is 9.78. The molecule has 4 rings (SSSR count). The van der Waals surface area contributed by atoms with E-state index >= 15 is 0 Å². The summed E-state index contributed by atoms with van der Waals surface area (Å²) >= 11 is 0. The van der Waals surface area contributed by atoms with Crippen LogP contribution >= 0.6 is 0 Å². The first-order chi connectivity index (χ1) is 15.6. The van der Waals surface area contributed by atoms with Crippen LogP contribution in [0.15, 0.2) is 53.3 Å². The third kappa shape index (κ3) is 4.99. The van der Waals surface area contributed by atoms with Gasteiger partial charge in [-0.1, -0.05) is 77.9 Å². The summed E-state index contributed by atoms with van der Waals surface area (Å²) in [7, 11) is 0. The molecule has 2 unspecified atom stereocenters. The van der Waals surface area contributed by atoms with Crippen LogP contribution in [-0.2, 0) is 22.0 Å². The van der Waals surface area contributed by atoms with Crippen molar-refractivity contribution >= 4 is 0 Å². The number of phenols is 1. The summed E-state index contributed by atoms with van der Waals surface area (Å²) in [6.45, 7) is 14.1. The highest BCUT2D eigenvalue weighted by Crippen LogP contribution is 2.40. The molecule has 5 heteroatoms. The van der Waals surface area contributed by atoms with Crippen molar-refractivity contribution < 1.29 is 14.3 Å². The van der Waals surface area contributed by atoms with E-state index in [-0.39, 0.29) is 23.0 Å². The number of phenolic OH excluding ortho intramolecular Hbond substituents is 1. The first-order valence-corrected chi connectivity index (χ1v) is 11.8. The van der Waals surface area contributed by atoms with Gasteiger partial charge in [-0.25, -0.2) is 4.98 Å². The molecular weight excluding hydrogens is 412 g/mol. The first-order valence-electron chi connectivity index (χ1n) is 11.8. The minimum atomic E-state index is -0.172. The van der Waals surface area contributed by atoms with Crippen LogP contribution in [0.2, 0.25) is 0 Å². The number of hydrogen-bond acceptors (Lipinski definition) is 5. The molecule has 1 aromatic heterocycles. The molecule has 2 aromatic carbocycles. The highest BCUT2D eigenvalue weighted by atomic mass is 16.5. The number of rotatable bonds is 5. The SMILES string of the molecule is CC(C)(C)c1cc(CCOC2NCC(c3ncco3)c3ccccc32)cc(C(C)(C)C)c1O.